The summed E-state index contributed by atoms with van der Waals surface area (Å²) >= 11 is 0. The molecule has 2 aromatic heterocycles. The zero-order valence-corrected chi connectivity index (χ0v) is 19.6. The van der Waals surface area contributed by atoms with Gasteiger partial charge in [0.1, 0.15) is 0 Å². The highest BCUT2D eigenvalue weighted by Crippen LogP contribution is 2.29. The molecular weight excluding hydrogens is 438 g/mol. The van der Waals surface area contributed by atoms with E-state index in [4.69, 9.17) is 9.97 Å². The third-order valence-electron chi connectivity index (χ3n) is 6.19. The van der Waals surface area contributed by atoms with Crippen LogP contribution >= 0.6 is 0 Å². The molecule has 0 unspecified atom stereocenters. The van der Waals surface area contributed by atoms with Crippen LogP contribution in [0.1, 0.15) is 0 Å². The maximum absolute atomic E-state index is 4.93. The molecule has 0 amide bonds. The van der Waals surface area contributed by atoms with Crippen molar-refractivity contribution in [1.29, 1.82) is 0 Å². The molecule has 0 saturated heterocycles. The SMILES string of the molecule is c1ccc(-c2cc(-c3ccccc3)nc(-c3ccc(-c4ccc(-c5ccccn5)cc4)cc3)n2)cc1. The summed E-state index contributed by atoms with van der Waals surface area (Å²) in [4.78, 5) is 14.3. The van der Waals surface area contributed by atoms with Gasteiger partial charge in [0.05, 0.1) is 17.1 Å². The number of hydrogen-bond donors (Lipinski definition) is 0. The van der Waals surface area contributed by atoms with Crippen molar-refractivity contribution in [3.63, 3.8) is 0 Å². The molecule has 3 heteroatoms. The molecule has 0 aliphatic heterocycles. The molecule has 0 atom stereocenters. The fourth-order valence-corrected chi connectivity index (χ4v) is 4.27. The minimum Gasteiger partial charge on any atom is -0.256 e. The summed E-state index contributed by atoms with van der Waals surface area (Å²) in [5, 5.41) is 0. The highest BCUT2D eigenvalue weighted by Gasteiger charge is 2.11. The quantitative estimate of drug-likeness (QED) is 0.260. The Morgan fingerprint density at radius 3 is 1.28 bits per heavy atom. The van der Waals surface area contributed by atoms with E-state index < -0.39 is 0 Å². The standard InChI is InChI=1S/C33H23N3/c1-3-9-26(10-4-1)31-23-32(27-11-5-2-6-12-27)36-33(35-31)29-20-16-25(17-21-29)24-14-18-28(19-15-24)30-13-7-8-22-34-30/h1-23H. The molecule has 0 radical (unpaired) electrons. The lowest BCUT2D eigenvalue weighted by Crippen LogP contribution is -1.95. The van der Waals surface area contributed by atoms with Crippen molar-refractivity contribution < 1.29 is 0 Å². The van der Waals surface area contributed by atoms with E-state index in [1.54, 1.807) is 0 Å². The Morgan fingerprint density at radius 1 is 0.333 bits per heavy atom. The Morgan fingerprint density at radius 2 is 0.778 bits per heavy atom. The molecular formula is C33H23N3. The van der Waals surface area contributed by atoms with Gasteiger partial charge < -0.3 is 0 Å². The predicted octanol–water partition coefficient (Wildman–Crippen LogP) is 8.21. The monoisotopic (exact) mass is 461 g/mol. The Balaban J connectivity index is 1.35. The molecule has 170 valence electrons. The first-order valence-corrected chi connectivity index (χ1v) is 12.0. The zero-order chi connectivity index (χ0) is 24.2. The topological polar surface area (TPSA) is 38.7 Å². The van der Waals surface area contributed by atoms with Crippen LogP contribution in [-0.2, 0) is 0 Å². The molecule has 6 rings (SSSR count). The summed E-state index contributed by atoms with van der Waals surface area (Å²) in [6.45, 7) is 0. The van der Waals surface area contributed by atoms with Crippen molar-refractivity contribution in [3.8, 4) is 56.3 Å². The first kappa shape index (κ1) is 21.6. The van der Waals surface area contributed by atoms with E-state index in [0.717, 1.165) is 50.5 Å². The molecule has 2 heterocycles. The zero-order valence-electron chi connectivity index (χ0n) is 19.6. The molecule has 0 spiro atoms. The highest BCUT2D eigenvalue weighted by molar-refractivity contribution is 5.74. The maximum Gasteiger partial charge on any atom is 0.160 e. The van der Waals surface area contributed by atoms with Crippen molar-refractivity contribution in [2.24, 2.45) is 0 Å². The van der Waals surface area contributed by atoms with Gasteiger partial charge in [0.2, 0.25) is 0 Å². The van der Waals surface area contributed by atoms with E-state index in [1.165, 1.54) is 0 Å². The van der Waals surface area contributed by atoms with Crippen LogP contribution in [0.15, 0.2) is 140 Å². The summed E-state index contributed by atoms with van der Waals surface area (Å²) in [5.74, 6) is 0.715. The Hall–Kier alpha value is -4.89. The third-order valence-corrected chi connectivity index (χ3v) is 6.19. The van der Waals surface area contributed by atoms with Crippen LogP contribution in [-0.4, -0.2) is 15.0 Å². The van der Waals surface area contributed by atoms with Gasteiger partial charge in [-0.05, 0) is 29.3 Å². The lowest BCUT2D eigenvalue weighted by Gasteiger charge is -2.10. The lowest BCUT2D eigenvalue weighted by molar-refractivity contribution is 1.18. The Bertz CT molecular complexity index is 1520. The second-order valence-corrected chi connectivity index (χ2v) is 8.56. The highest BCUT2D eigenvalue weighted by atomic mass is 14.9. The second kappa shape index (κ2) is 9.77. The Labute approximate surface area is 210 Å². The maximum atomic E-state index is 4.93. The van der Waals surface area contributed by atoms with Crippen LogP contribution in [0.4, 0.5) is 0 Å². The van der Waals surface area contributed by atoms with Gasteiger partial charge in [-0.25, -0.2) is 9.97 Å². The van der Waals surface area contributed by atoms with Crippen molar-refractivity contribution in [3.05, 3.63) is 140 Å². The smallest absolute Gasteiger partial charge is 0.160 e. The minimum absolute atomic E-state index is 0.715. The summed E-state index contributed by atoms with van der Waals surface area (Å²) < 4.78 is 0. The van der Waals surface area contributed by atoms with E-state index in [1.807, 2.05) is 60.8 Å². The van der Waals surface area contributed by atoms with E-state index in [-0.39, 0.29) is 0 Å². The Kier molecular flexibility index (Phi) is 5.87. The molecule has 0 N–H and O–H groups in total. The predicted molar refractivity (Wildman–Crippen MR) is 147 cm³/mol. The molecule has 0 saturated carbocycles. The fraction of sp³-hybridized carbons (Fsp3) is 0. The minimum atomic E-state index is 0.715. The van der Waals surface area contributed by atoms with Gasteiger partial charge in [0.15, 0.2) is 5.82 Å². The molecule has 0 bridgehead atoms. The van der Waals surface area contributed by atoms with Crippen molar-refractivity contribution in [1.82, 2.24) is 15.0 Å². The number of rotatable bonds is 5. The van der Waals surface area contributed by atoms with Crippen molar-refractivity contribution in [2.45, 2.75) is 0 Å². The van der Waals surface area contributed by atoms with Crippen molar-refractivity contribution in [2.75, 3.05) is 0 Å². The lowest BCUT2D eigenvalue weighted by atomic mass is 10.0. The summed E-state index contributed by atoms with van der Waals surface area (Å²) in [7, 11) is 0. The van der Waals surface area contributed by atoms with Crippen LogP contribution in [0.2, 0.25) is 0 Å². The van der Waals surface area contributed by atoms with Crippen LogP contribution in [0, 0.1) is 0 Å². The fourth-order valence-electron chi connectivity index (χ4n) is 4.27. The molecule has 4 aromatic carbocycles. The largest absolute Gasteiger partial charge is 0.256 e. The number of pyridine rings is 1. The number of hydrogen-bond acceptors (Lipinski definition) is 3. The first-order chi connectivity index (χ1) is 17.8. The van der Waals surface area contributed by atoms with Gasteiger partial charge in [-0.15, -0.1) is 0 Å². The van der Waals surface area contributed by atoms with Gasteiger partial charge in [0.25, 0.3) is 0 Å². The van der Waals surface area contributed by atoms with Gasteiger partial charge >= 0.3 is 0 Å². The van der Waals surface area contributed by atoms with E-state index in [2.05, 4.69) is 83.8 Å². The van der Waals surface area contributed by atoms with Gasteiger partial charge in [-0.2, -0.15) is 0 Å². The average Bonchev–Trinajstić information content (AvgIpc) is 2.98. The van der Waals surface area contributed by atoms with Crippen LogP contribution in [0.5, 0.6) is 0 Å². The molecule has 0 fully saturated rings. The molecule has 36 heavy (non-hydrogen) atoms. The van der Waals surface area contributed by atoms with Crippen molar-refractivity contribution >= 4 is 0 Å². The van der Waals surface area contributed by atoms with E-state index in [0.29, 0.717) is 5.82 Å². The molecule has 6 aromatic rings. The third kappa shape index (κ3) is 4.55. The normalized spacial score (nSPS) is 10.8. The van der Waals surface area contributed by atoms with E-state index >= 15 is 0 Å². The van der Waals surface area contributed by atoms with Crippen LogP contribution < -0.4 is 0 Å². The number of benzene rings is 4. The number of nitrogens with zero attached hydrogens (tertiary/aromatic N) is 3. The van der Waals surface area contributed by atoms with Gasteiger partial charge in [-0.1, -0.05) is 115 Å². The van der Waals surface area contributed by atoms with Crippen LogP contribution in [0.3, 0.4) is 0 Å². The van der Waals surface area contributed by atoms with Crippen LogP contribution in [0.25, 0.3) is 56.3 Å². The first-order valence-electron chi connectivity index (χ1n) is 12.0. The second-order valence-electron chi connectivity index (χ2n) is 8.56. The molecule has 3 nitrogen and oxygen atoms in total. The molecule has 0 aliphatic rings. The molecule has 0 aliphatic carbocycles. The number of aromatic nitrogens is 3. The summed E-state index contributed by atoms with van der Waals surface area (Å²) in [6, 6.07) is 45.5. The van der Waals surface area contributed by atoms with Gasteiger partial charge in [-0.3, -0.25) is 4.98 Å². The van der Waals surface area contributed by atoms with E-state index in [9.17, 15) is 0 Å². The summed E-state index contributed by atoms with van der Waals surface area (Å²) in [6.07, 6.45) is 1.82. The average molecular weight is 462 g/mol. The summed E-state index contributed by atoms with van der Waals surface area (Å²) in [5.41, 5.74) is 9.34. The van der Waals surface area contributed by atoms with Gasteiger partial charge in [0, 0.05) is 28.5 Å².